The summed E-state index contributed by atoms with van der Waals surface area (Å²) in [5, 5.41) is 11.4. The molecule has 0 aliphatic heterocycles. The highest BCUT2D eigenvalue weighted by molar-refractivity contribution is 9.10. The van der Waals surface area contributed by atoms with Gasteiger partial charge in [0.1, 0.15) is 12.4 Å². The summed E-state index contributed by atoms with van der Waals surface area (Å²) in [6.45, 7) is 1.51. The average molecular weight is 287 g/mol. The molecule has 1 aromatic rings. The summed E-state index contributed by atoms with van der Waals surface area (Å²) >= 11 is 3.40. The molecule has 0 spiro atoms. The lowest BCUT2D eigenvalue weighted by molar-refractivity contribution is 0.260. The van der Waals surface area contributed by atoms with Crippen LogP contribution in [-0.2, 0) is 0 Å². The summed E-state index contributed by atoms with van der Waals surface area (Å²) in [6, 6.07) is 5.51. The normalized spacial score (nSPS) is 11.2. The van der Waals surface area contributed by atoms with Gasteiger partial charge in [0.25, 0.3) is 0 Å². The van der Waals surface area contributed by atoms with E-state index in [0.717, 1.165) is 22.3 Å². The first kappa shape index (κ1) is 13.0. The van der Waals surface area contributed by atoms with Crippen LogP contribution in [0.3, 0.4) is 0 Å². The second kappa shape index (κ2) is 6.50. The summed E-state index contributed by atoms with van der Waals surface area (Å²) in [5.74, 6) is 0.789. The van der Waals surface area contributed by atoms with E-state index in [9.17, 15) is 0 Å². The van der Waals surface area contributed by atoms with Crippen molar-refractivity contribution in [3.63, 3.8) is 0 Å². The lowest BCUT2D eigenvalue weighted by Crippen LogP contribution is -2.19. The van der Waals surface area contributed by atoms with Crippen LogP contribution in [0.5, 0.6) is 5.75 Å². The Morgan fingerprint density at radius 3 is 2.81 bits per heavy atom. The van der Waals surface area contributed by atoms with E-state index in [-0.39, 0.29) is 0 Å². The van der Waals surface area contributed by atoms with Crippen LogP contribution in [0.15, 0.2) is 27.8 Å². The largest absolute Gasteiger partial charge is 0.491 e. The van der Waals surface area contributed by atoms with Crippen LogP contribution in [0, 0.1) is 0 Å². The van der Waals surface area contributed by atoms with Crippen molar-refractivity contribution in [2.45, 2.75) is 0 Å². The molecule has 1 aromatic carbocycles. The van der Waals surface area contributed by atoms with Crippen molar-refractivity contribution in [3.05, 3.63) is 28.2 Å². The lowest BCUT2D eigenvalue weighted by atomic mass is 10.2. The van der Waals surface area contributed by atoms with Crippen LogP contribution in [0.2, 0.25) is 0 Å². The first-order valence-electron chi connectivity index (χ1n) is 4.88. The van der Waals surface area contributed by atoms with Gasteiger partial charge in [0.2, 0.25) is 0 Å². The number of rotatable bonds is 5. The Hall–Kier alpha value is -1.07. The van der Waals surface area contributed by atoms with Crippen LogP contribution in [0.1, 0.15) is 5.56 Å². The number of hydrogen-bond donors (Lipinski definition) is 1. The Kier molecular flexibility index (Phi) is 5.28. The maximum Gasteiger partial charge on any atom is 0.133 e. The van der Waals surface area contributed by atoms with Crippen LogP contribution in [-0.4, -0.2) is 43.6 Å². The number of benzene rings is 1. The molecule has 1 N–H and O–H groups in total. The van der Waals surface area contributed by atoms with Crippen LogP contribution in [0.4, 0.5) is 0 Å². The maximum atomic E-state index is 8.40. The summed E-state index contributed by atoms with van der Waals surface area (Å²) < 4.78 is 6.44. The zero-order valence-corrected chi connectivity index (χ0v) is 10.9. The molecule has 1 rings (SSSR count). The van der Waals surface area contributed by atoms with Gasteiger partial charge in [-0.05, 0) is 53.8 Å². The Balaban J connectivity index is 2.61. The van der Waals surface area contributed by atoms with E-state index in [1.54, 1.807) is 0 Å². The van der Waals surface area contributed by atoms with Gasteiger partial charge in [-0.15, -0.1) is 0 Å². The number of halogens is 1. The molecule has 5 heteroatoms. The molecule has 0 aromatic heterocycles. The molecule has 16 heavy (non-hydrogen) atoms. The second-order valence-electron chi connectivity index (χ2n) is 3.59. The van der Waals surface area contributed by atoms with Crippen molar-refractivity contribution in [2.24, 2.45) is 5.16 Å². The van der Waals surface area contributed by atoms with E-state index in [2.05, 4.69) is 26.0 Å². The first-order chi connectivity index (χ1) is 7.63. The van der Waals surface area contributed by atoms with Crippen LogP contribution >= 0.6 is 15.9 Å². The molecule has 0 saturated heterocycles. The van der Waals surface area contributed by atoms with E-state index >= 15 is 0 Å². The molecule has 88 valence electrons. The zero-order chi connectivity index (χ0) is 12.0. The van der Waals surface area contributed by atoms with E-state index in [1.165, 1.54) is 6.21 Å². The number of oxime groups is 1. The van der Waals surface area contributed by atoms with Gasteiger partial charge in [-0.2, -0.15) is 0 Å². The third-order valence-corrected chi connectivity index (χ3v) is 2.58. The van der Waals surface area contributed by atoms with Crippen molar-refractivity contribution in [2.75, 3.05) is 27.2 Å². The summed E-state index contributed by atoms with van der Waals surface area (Å²) in [7, 11) is 4.00. The fraction of sp³-hybridized carbons (Fsp3) is 0.364. The number of likely N-dealkylation sites (N-methyl/N-ethyl adjacent to an activating group) is 1. The number of nitrogens with zero attached hydrogens (tertiary/aromatic N) is 2. The molecule has 0 saturated carbocycles. The van der Waals surface area contributed by atoms with Crippen molar-refractivity contribution in [1.82, 2.24) is 4.90 Å². The minimum absolute atomic E-state index is 0.638. The minimum Gasteiger partial charge on any atom is -0.491 e. The van der Waals surface area contributed by atoms with Gasteiger partial charge < -0.3 is 14.8 Å². The van der Waals surface area contributed by atoms with E-state index in [4.69, 9.17) is 9.94 Å². The molecule has 0 fully saturated rings. The van der Waals surface area contributed by atoms with Gasteiger partial charge in [0.15, 0.2) is 0 Å². The Morgan fingerprint density at radius 1 is 1.50 bits per heavy atom. The van der Waals surface area contributed by atoms with Gasteiger partial charge >= 0.3 is 0 Å². The van der Waals surface area contributed by atoms with E-state index in [0.29, 0.717) is 6.61 Å². The summed E-state index contributed by atoms with van der Waals surface area (Å²) in [5.41, 5.74) is 0.814. The molecule has 0 heterocycles. The smallest absolute Gasteiger partial charge is 0.133 e. The highest BCUT2D eigenvalue weighted by Gasteiger charge is 2.02. The molecule has 0 bridgehead atoms. The van der Waals surface area contributed by atoms with Crippen molar-refractivity contribution < 1.29 is 9.94 Å². The van der Waals surface area contributed by atoms with Gasteiger partial charge in [-0.1, -0.05) is 5.16 Å². The standard InChI is InChI=1S/C11H15BrN2O2/c1-14(2)5-6-16-11-4-3-9(8-13-15)7-10(11)12/h3-4,7-8,15H,5-6H2,1-2H3. The fourth-order valence-electron chi connectivity index (χ4n) is 1.12. The average Bonchev–Trinajstić information content (AvgIpc) is 2.21. The fourth-order valence-corrected chi connectivity index (χ4v) is 1.63. The molecule has 4 nitrogen and oxygen atoms in total. The second-order valence-corrected chi connectivity index (χ2v) is 4.44. The molecule has 0 atom stereocenters. The Morgan fingerprint density at radius 2 is 2.25 bits per heavy atom. The predicted octanol–water partition coefficient (Wildman–Crippen LogP) is 2.20. The van der Waals surface area contributed by atoms with Gasteiger partial charge in [0, 0.05) is 6.54 Å². The Labute approximate surface area is 104 Å². The topological polar surface area (TPSA) is 45.1 Å². The highest BCUT2D eigenvalue weighted by atomic mass is 79.9. The van der Waals surface area contributed by atoms with E-state index < -0.39 is 0 Å². The molecule has 0 aliphatic carbocycles. The predicted molar refractivity (Wildman–Crippen MR) is 67.6 cm³/mol. The Bertz CT molecular complexity index is 367. The number of ether oxygens (including phenoxy) is 1. The third kappa shape index (κ3) is 4.20. The first-order valence-corrected chi connectivity index (χ1v) is 5.67. The number of hydrogen-bond acceptors (Lipinski definition) is 4. The van der Waals surface area contributed by atoms with Crippen LogP contribution < -0.4 is 4.74 Å². The molecular formula is C11H15BrN2O2. The van der Waals surface area contributed by atoms with Gasteiger partial charge in [-0.3, -0.25) is 0 Å². The summed E-state index contributed by atoms with van der Waals surface area (Å²) in [4.78, 5) is 2.06. The highest BCUT2D eigenvalue weighted by Crippen LogP contribution is 2.25. The molecule has 0 unspecified atom stereocenters. The molecule has 0 aliphatic rings. The molecule has 0 amide bonds. The van der Waals surface area contributed by atoms with Gasteiger partial charge in [0.05, 0.1) is 10.7 Å². The zero-order valence-electron chi connectivity index (χ0n) is 9.35. The minimum atomic E-state index is 0.638. The van der Waals surface area contributed by atoms with Gasteiger partial charge in [-0.25, -0.2) is 0 Å². The lowest BCUT2D eigenvalue weighted by Gasteiger charge is -2.12. The third-order valence-electron chi connectivity index (χ3n) is 1.96. The SMILES string of the molecule is CN(C)CCOc1ccc(C=NO)cc1Br. The molecular weight excluding hydrogens is 272 g/mol. The summed E-state index contributed by atoms with van der Waals surface area (Å²) in [6.07, 6.45) is 1.37. The quantitative estimate of drug-likeness (QED) is 0.513. The monoisotopic (exact) mass is 286 g/mol. The van der Waals surface area contributed by atoms with Crippen molar-refractivity contribution in [3.8, 4) is 5.75 Å². The van der Waals surface area contributed by atoms with Crippen LogP contribution in [0.25, 0.3) is 0 Å². The maximum absolute atomic E-state index is 8.40. The molecule has 0 radical (unpaired) electrons. The van der Waals surface area contributed by atoms with E-state index in [1.807, 2.05) is 32.3 Å². The van der Waals surface area contributed by atoms with Crippen molar-refractivity contribution in [1.29, 1.82) is 0 Å². The van der Waals surface area contributed by atoms with Crippen molar-refractivity contribution >= 4 is 22.1 Å².